The fraction of sp³-hybridized carbons (Fsp3) is 0.188. The fourth-order valence-corrected chi connectivity index (χ4v) is 2.47. The summed E-state index contributed by atoms with van der Waals surface area (Å²) in [5, 5.41) is 11.8. The summed E-state index contributed by atoms with van der Waals surface area (Å²) >= 11 is 5.92. The minimum atomic E-state index is -0.518. The fourth-order valence-electron chi connectivity index (χ4n) is 2.26. The number of benzene rings is 2. The number of rotatable bonds is 4. The standard InChI is InChI=1S/C16H15ClN2O3/c1-11-5-3-8-14(15(11)19(21)22)16(20)18(2)10-12-6-4-7-13(17)9-12/h3-9H,10H2,1-2H3. The number of hydrogen-bond acceptors (Lipinski definition) is 3. The lowest BCUT2D eigenvalue weighted by Crippen LogP contribution is -2.27. The minimum Gasteiger partial charge on any atom is -0.337 e. The van der Waals surface area contributed by atoms with E-state index in [1.54, 1.807) is 44.3 Å². The van der Waals surface area contributed by atoms with Gasteiger partial charge in [0.05, 0.1) is 4.92 Å². The van der Waals surface area contributed by atoms with Crippen molar-refractivity contribution < 1.29 is 9.72 Å². The first kappa shape index (κ1) is 16.0. The van der Waals surface area contributed by atoms with E-state index >= 15 is 0 Å². The summed E-state index contributed by atoms with van der Waals surface area (Å²) in [5.74, 6) is -0.393. The van der Waals surface area contributed by atoms with Gasteiger partial charge in [-0.2, -0.15) is 0 Å². The Morgan fingerprint density at radius 1 is 1.27 bits per heavy atom. The van der Waals surface area contributed by atoms with Crippen molar-refractivity contribution in [1.29, 1.82) is 0 Å². The first-order valence-corrected chi connectivity index (χ1v) is 7.02. The molecule has 0 radical (unpaired) electrons. The molecule has 2 aromatic carbocycles. The summed E-state index contributed by atoms with van der Waals surface area (Å²) in [7, 11) is 1.61. The first-order valence-electron chi connectivity index (χ1n) is 6.64. The molecular weight excluding hydrogens is 304 g/mol. The van der Waals surface area contributed by atoms with E-state index in [2.05, 4.69) is 0 Å². The zero-order chi connectivity index (χ0) is 16.3. The van der Waals surface area contributed by atoms with E-state index in [9.17, 15) is 14.9 Å². The third-order valence-electron chi connectivity index (χ3n) is 3.31. The number of nitro groups is 1. The molecule has 6 heteroatoms. The zero-order valence-corrected chi connectivity index (χ0v) is 13.0. The van der Waals surface area contributed by atoms with Crippen LogP contribution < -0.4 is 0 Å². The Bertz CT molecular complexity index is 731. The molecule has 0 unspecified atom stereocenters. The average Bonchev–Trinajstić information content (AvgIpc) is 2.45. The quantitative estimate of drug-likeness (QED) is 0.635. The largest absolute Gasteiger partial charge is 0.337 e. The third kappa shape index (κ3) is 3.43. The van der Waals surface area contributed by atoms with E-state index in [0.29, 0.717) is 17.1 Å². The molecule has 0 atom stereocenters. The van der Waals surface area contributed by atoms with Crippen molar-refractivity contribution in [3.8, 4) is 0 Å². The third-order valence-corrected chi connectivity index (χ3v) is 3.54. The molecule has 0 aliphatic heterocycles. The predicted octanol–water partition coefficient (Wildman–Crippen LogP) is 3.83. The summed E-state index contributed by atoms with van der Waals surface area (Å²) in [6.45, 7) is 1.94. The molecule has 0 aliphatic rings. The second-order valence-corrected chi connectivity index (χ2v) is 5.46. The van der Waals surface area contributed by atoms with Gasteiger partial charge in [0.15, 0.2) is 0 Å². The van der Waals surface area contributed by atoms with Crippen LogP contribution in [-0.2, 0) is 6.54 Å². The maximum absolute atomic E-state index is 12.5. The molecule has 0 N–H and O–H groups in total. The van der Waals surface area contributed by atoms with Crippen molar-refractivity contribution in [3.05, 3.63) is 74.3 Å². The van der Waals surface area contributed by atoms with Crippen LogP contribution in [-0.4, -0.2) is 22.8 Å². The molecule has 5 nitrogen and oxygen atoms in total. The van der Waals surface area contributed by atoms with Gasteiger partial charge in [0.2, 0.25) is 0 Å². The average molecular weight is 319 g/mol. The predicted molar refractivity (Wildman–Crippen MR) is 85.1 cm³/mol. The molecule has 1 amide bonds. The van der Waals surface area contributed by atoms with Gasteiger partial charge < -0.3 is 4.90 Å². The van der Waals surface area contributed by atoms with Crippen LogP contribution in [0.15, 0.2) is 42.5 Å². The molecule has 0 spiro atoms. The van der Waals surface area contributed by atoms with Crippen molar-refractivity contribution in [3.63, 3.8) is 0 Å². The van der Waals surface area contributed by atoms with Crippen molar-refractivity contribution in [2.24, 2.45) is 0 Å². The van der Waals surface area contributed by atoms with Crippen LogP contribution in [0, 0.1) is 17.0 Å². The maximum atomic E-state index is 12.5. The van der Waals surface area contributed by atoms with Crippen LogP contribution in [0.5, 0.6) is 0 Å². The lowest BCUT2D eigenvalue weighted by molar-refractivity contribution is -0.385. The van der Waals surface area contributed by atoms with Gasteiger partial charge in [-0.25, -0.2) is 0 Å². The molecule has 0 bridgehead atoms. The van der Waals surface area contributed by atoms with E-state index < -0.39 is 10.8 Å². The lowest BCUT2D eigenvalue weighted by Gasteiger charge is -2.18. The summed E-state index contributed by atoms with van der Waals surface area (Å²) in [6.07, 6.45) is 0. The number of para-hydroxylation sites is 1. The Kier molecular flexibility index (Phi) is 4.78. The summed E-state index contributed by atoms with van der Waals surface area (Å²) in [6, 6.07) is 11.9. The smallest absolute Gasteiger partial charge is 0.285 e. The lowest BCUT2D eigenvalue weighted by atomic mass is 10.1. The van der Waals surface area contributed by atoms with Gasteiger partial charge in [0, 0.05) is 24.2 Å². The topological polar surface area (TPSA) is 63.5 Å². The van der Waals surface area contributed by atoms with Gasteiger partial charge in [-0.3, -0.25) is 14.9 Å². The Morgan fingerprint density at radius 3 is 2.59 bits per heavy atom. The maximum Gasteiger partial charge on any atom is 0.285 e. The molecule has 0 saturated heterocycles. The highest BCUT2D eigenvalue weighted by molar-refractivity contribution is 6.30. The number of aryl methyl sites for hydroxylation is 1. The second-order valence-electron chi connectivity index (χ2n) is 5.02. The SMILES string of the molecule is Cc1cccc(C(=O)N(C)Cc2cccc(Cl)c2)c1[N+](=O)[O-]. The van der Waals surface area contributed by atoms with Gasteiger partial charge in [-0.15, -0.1) is 0 Å². The molecular formula is C16H15ClN2O3. The summed E-state index contributed by atoms with van der Waals surface area (Å²) in [5.41, 5.74) is 1.27. The van der Waals surface area contributed by atoms with Crippen LogP contribution in [0.4, 0.5) is 5.69 Å². The van der Waals surface area contributed by atoms with Gasteiger partial charge in [-0.05, 0) is 30.7 Å². The van der Waals surface area contributed by atoms with Crippen LogP contribution in [0.25, 0.3) is 0 Å². The molecule has 0 saturated carbocycles. The van der Waals surface area contributed by atoms with Crippen molar-refractivity contribution in [2.75, 3.05) is 7.05 Å². The Hall–Kier alpha value is -2.40. The minimum absolute atomic E-state index is 0.0922. The van der Waals surface area contributed by atoms with E-state index in [1.165, 1.54) is 11.0 Å². The molecule has 0 aliphatic carbocycles. The number of hydrogen-bond donors (Lipinski definition) is 0. The Labute approximate surface area is 133 Å². The molecule has 0 fully saturated rings. The monoisotopic (exact) mass is 318 g/mol. The molecule has 22 heavy (non-hydrogen) atoms. The highest BCUT2D eigenvalue weighted by Crippen LogP contribution is 2.24. The van der Waals surface area contributed by atoms with Crippen LogP contribution in [0.3, 0.4) is 0 Å². The number of carbonyl (C=O) groups excluding carboxylic acids is 1. The normalized spacial score (nSPS) is 10.3. The number of nitrogens with zero attached hydrogens (tertiary/aromatic N) is 2. The summed E-state index contributed by atoms with van der Waals surface area (Å²) < 4.78 is 0. The highest BCUT2D eigenvalue weighted by Gasteiger charge is 2.24. The Morgan fingerprint density at radius 2 is 1.95 bits per heavy atom. The van der Waals surface area contributed by atoms with Crippen molar-refractivity contribution >= 4 is 23.2 Å². The first-order chi connectivity index (χ1) is 10.4. The van der Waals surface area contributed by atoms with E-state index in [-0.39, 0.29) is 11.3 Å². The molecule has 0 heterocycles. The highest BCUT2D eigenvalue weighted by atomic mass is 35.5. The zero-order valence-electron chi connectivity index (χ0n) is 12.2. The van der Waals surface area contributed by atoms with Crippen molar-refractivity contribution in [1.82, 2.24) is 4.90 Å². The van der Waals surface area contributed by atoms with Gasteiger partial charge in [0.1, 0.15) is 5.56 Å². The van der Waals surface area contributed by atoms with Crippen molar-refractivity contribution in [2.45, 2.75) is 13.5 Å². The molecule has 2 rings (SSSR count). The van der Waals surface area contributed by atoms with E-state index in [4.69, 9.17) is 11.6 Å². The second kappa shape index (κ2) is 6.58. The number of carbonyl (C=O) groups is 1. The van der Waals surface area contributed by atoms with Crippen LogP contribution in [0.2, 0.25) is 5.02 Å². The molecule has 2 aromatic rings. The molecule has 0 aromatic heterocycles. The molecule has 114 valence electrons. The van der Waals surface area contributed by atoms with Crippen LogP contribution in [0.1, 0.15) is 21.5 Å². The Balaban J connectivity index is 2.28. The summed E-state index contributed by atoms with van der Waals surface area (Å²) in [4.78, 5) is 24.6. The van der Waals surface area contributed by atoms with Gasteiger partial charge in [-0.1, -0.05) is 35.9 Å². The van der Waals surface area contributed by atoms with Gasteiger partial charge in [0.25, 0.3) is 11.6 Å². The number of nitro benzene ring substituents is 1. The van der Waals surface area contributed by atoms with Gasteiger partial charge >= 0.3 is 0 Å². The van der Waals surface area contributed by atoms with E-state index in [1.807, 2.05) is 6.07 Å². The van der Waals surface area contributed by atoms with Crippen LogP contribution >= 0.6 is 11.6 Å². The van der Waals surface area contributed by atoms with E-state index in [0.717, 1.165) is 5.56 Å². The number of amides is 1. The number of halogens is 1.